The number of hydrogen-bond donors (Lipinski definition) is 1. The molecule has 1 aliphatic heterocycles. The first kappa shape index (κ1) is 16.4. The summed E-state index contributed by atoms with van der Waals surface area (Å²) in [6, 6.07) is 15.3. The molecule has 0 aliphatic carbocycles. The first-order valence-electron chi connectivity index (χ1n) is 8.71. The van der Waals surface area contributed by atoms with Crippen molar-refractivity contribution in [1.82, 2.24) is 9.88 Å². The molecular weight excluding hydrogens is 328 g/mol. The number of para-hydroxylation sites is 2. The average molecular weight is 348 g/mol. The number of amides is 1. The Labute approximate surface area is 151 Å². The molecule has 1 aromatic heterocycles. The third kappa shape index (κ3) is 2.96. The quantitative estimate of drug-likeness (QED) is 0.791. The van der Waals surface area contributed by atoms with Crippen LogP contribution in [-0.4, -0.2) is 23.6 Å². The van der Waals surface area contributed by atoms with E-state index in [0.717, 1.165) is 23.3 Å². The number of nitrogens with zero attached hydrogens (tertiary/aromatic N) is 1. The van der Waals surface area contributed by atoms with Crippen molar-refractivity contribution in [3.63, 3.8) is 0 Å². The Morgan fingerprint density at radius 3 is 2.85 bits per heavy atom. The number of aromatic nitrogens is 1. The van der Waals surface area contributed by atoms with Gasteiger partial charge < -0.3 is 14.6 Å². The average Bonchev–Trinajstić information content (AvgIpc) is 2.68. The molecule has 1 N–H and O–H groups in total. The molecule has 0 saturated carbocycles. The van der Waals surface area contributed by atoms with Crippen molar-refractivity contribution >= 4 is 16.8 Å². The second-order valence-electron chi connectivity index (χ2n) is 6.70. The number of carbonyl (C=O) groups is 1. The summed E-state index contributed by atoms with van der Waals surface area (Å²) in [5, 5.41) is 3.45. The number of hydrogen-bond acceptors (Lipinski definition) is 3. The Kier molecular flexibility index (Phi) is 4.21. The zero-order valence-corrected chi connectivity index (χ0v) is 14.6. The summed E-state index contributed by atoms with van der Waals surface area (Å²) in [5.74, 6) is 0.770. The molecule has 1 aliphatic rings. The highest BCUT2D eigenvalue weighted by Gasteiger charge is 2.21. The maximum atomic E-state index is 12.6. The van der Waals surface area contributed by atoms with Crippen molar-refractivity contribution in [3.05, 3.63) is 76.1 Å². The number of pyridine rings is 1. The molecular formula is C21H20N2O3. The van der Waals surface area contributed by atoms with Gasteiger partial charge in [0.05, 0.1) is 12.1 Å². The monoisotopic (exact) mass is 348 g/mol. The summed E-state index contributed by atoms with van der Waals surface area (Å²) >= 11 is 0. The largest absolute Gasteiger partial charge is 0.493 e. The molecule has 4 rings (SSSR count). The van der Waals surface area contributed by atoms with E-state index in [9.17, 15) is 9.59 Å². The van der Waals surface area contributed by atoms with E-state index in [4.69, 9.17) is 4.74 Å². The summed E-state index contributed by atoms with van der Waals surface area (Å²) in [6.45, 7) is 1.04. The first-order valence-corrected chi connectivity index (χ1v) is 8.71. The predicted molar refractivity (Wildman–Crippen MR) is 101 cm³/mol. The lowest BCUT2D eigenvalue weighted by atomic mass is 9.96. The minimum absolute atomic E-state index is 0.170. The number of fused-ring (bicyclic) bond motifs is 2. The van der Waals surface area contributed by atoms with Crippen LogP contribution in [0.4, 0.5) is 0 Å². The number of rotatable bonds is 3. The van der Waals surface area contributed by atoms with Gasteiger partial charge in [-0.25, -0.2) is 0 Å². The SMILES string of the molecule is Cn1cc(C(=O)NC[C@H]2COc3ccccc3C2)c(=O)c2ccccc21. The molecule has 132 valence electrons. The summed E-state index contributed by atoms with van der Waals surface area (Å²) in [4.78, 5) is 25.2. The van der Waals surface area contributed by atoms with Crippen LogP contribution in [0.3, 0.4) is 0 Å². The minimum atomic E-state index is -0.338. The number of nitrogens with one attached hydrogen (secondary N) is 1. The van der Waals surface area contributed by atoms with Gasteiger partial charge in [0.25, 0.3) is 5.91 Å². The van der Waals surface area contributed by atoms with E-state index in [1.165, 1.54) is 0 Å². The van der Waals surface area contributed by atoms with Crippen molar-refractivity contribution in [1.29, 1.82) is 0 Å². The smallest absolute Gasteiger partial charge is 0.256 e. The van der Waals surface area contributed by atoms with Crippen LogP contribution >= 0.6 is 0 Å². The van der Waals surface area contributed by atoms with Gasteiger partial charge in [0.1, 0.15) is 11.3 Å². The summed E-state index contributed by atoms with van der Waals surface area (Å²) < 4.78 is 7.57. The van der Waals surface area contributed by atoms with Gasteiger partial charge in [-0.3, -0.25) is 9.59 Å². The third-order valence-electron chi connectivity index (χ3n) is 4.85. The van der Waals surface area contributed by atoms with Crippen LogP contribution in [0.15, 0.2) is 59.5 Å². The van der Waals surface area contributed by atoms with Gasteiger partial charge in [-0.15, -0.1) is 0 Å². The second kappa shape index (κ2) is 6.67. The summed E-state index contributed by atoms with van der Waals surface area (Å²) in [5.41, 5.74) is 1.90. The first-order chi connectivity index (χ1) is 12.6. The highest BCUT2D eigenvalue weighted by atomic mass is 16.5. The van der Waals surface area contributed by atoms with Gasteiger partial charge >= 0.3 is 0 Å². The highest BCUT2D eigenvalue weighted by molar-refractivity contribution is 5.97. The van der Waals surface area contributed by atoms with Gasteiger partial charge in [-0.2, -0.15) is 0 Å². The lowest BCUT2D eigenvalue weighted by molar-refractivity contribution is 0.0937. The molecule has 1 amide bonds. The van der Waals surface area contributed by atoms with E-state index < -0.39 is 0 Å². The molecule has 0 saturated heterocycles. The fourth-order valence-electron chi connectivity index (χ4n) is 3.46. The van der Waals surface area contributed by atoms with Crippen LogP contribution in [0.1, 0.15) is 15.9 Å². The fourth-order valence-corrected chi connectivity index (χ4v) is 3.46. The van der Waals surface area contributed by atoms with Crippen LogP contribution in [-0.2, 0) is 13.5 Å². The Bertz CT molecular complexity index is 1040. The van der Waals surface area contributed by atoms with Crippen molar-refractivity contribution in [3.8, 4) is 5.75 Å². The molecule has 0 spiro atoms. The molecule has 0 bridgehead atoms. The van der Waals surface area contributed by atoms with E-state index >= 15 is 0 Å². The topological polar surface area (TPSA) is 60.3 Å². The molecule has 0 unspecified atom stereocenters. The Morgan fingerprint density at radius 2 is 1.96 bits per heavy atom. The van der Waals surface area contributed by atoms with E-state index in [1.807, 2.05) is 54.1 Å². The molecule has 0 radical (unpaired) electrons. The Morgan fingerprint density at radius 1 is 1.19 bits per heavy atom. The van der Waals surface area contributed by atoms with E-state index in [0.29, 0.717) is 18.5 Å². The molecule has 0 fully saturated rings. The summed E-state index contributed by atoms with van der Waals surface area (Å²) in [6.07, 6.45) is 2.46. The normalized spacial score (nSPS) is 16.0. The predicted octanol–water partition coefficient (Wildman–Crippen LogP) is 2.52. The molecule has 3 aromatic rings. The number of aryl methyl sites for hydroxylation is 1. The second-order valence-corrected chi connectivity index (χ2v) is 6.70. The lowest BCUT2D eigenvalue weighted by Crippen LogP contribution is -2.36. The fraction of sp³-hybridized carbons (Fsp3) is 0.238. The molecule has 2 aromatic carbocycles. The maximum absolute atomic E-state index is 12.6. The van der Waals surface area contributed by atoms with Crippen LogP contribution in [0.2, 0.25) is 0 Å². The van der Waals surface area contributed by atoms with Crippen LogP contribution in [0, 0.1) is 5.92 Å². The Hall–Kier alpha value is -3.08. The van der Waals surface area contributed by atoms with Gasteiger partial charge in [0, 0.05) is 31.1 Å². The third-order valence-corrected chi connectivity index (χ3v) is 4.85. The molecule has 5 nitrogen and oxygen atoms in total. The zero-order valence-electron chi connectivity index (χ0n) is 14.6. The van der Waals surface area contributed by atoms with Gasteiger partial charge in [-0.1, -0.05) is 30.3 Å². The van der Waals surface area contributed by atoms with Crippen LogP contribution in [0.5, 0.6) is 5.75 Å². The molecule has 2 heterocycles. The van der Waals surface area contributed by atoms with Crippen LogP contribution < -0.4 is 15.5 Å². The minimum Gasteiger partial charge on any atom is -0.493 e. The van der Waals surface area contributed by atoms with Gasteiger partial charge in [0.15, 0.2) is 0 Å². The van der Waals surface area contributed by atoms with Crippen molar-refractivity contribution in [2.45, 2.75) is 6.42 Å². The maximum Gasteiger partial charge on any atom is 0.256 e. The number of benzene rings is 2. The van der Waals surface area contributed by atoms with Crippen molar-refractivity contribution in [2.24, 2.45) is 13.0 Å². The van der Waals surface area contributed by atoms with Crippen LogP contribution in [0.25, 0.3) is 10.9 Å². The van der Waals surface area contributed by atoms with Gasteiger partial charge in [-0.05, 0) is 30.2 Å². The zero-order chi connectivity index (χ0) is 18.1. The van der Waals surface area contributed by atoms with E-state index in [2.05, 4.69) is 5.32 Å². The highest BCUT2D eigenvalue weighted by Crippen LogP contribution is 2.26. The molecule has 1 atom stereocenters. The number of carbonyl (C=O) groups excluding carboxylic acids is 1. The lowest BCUT2D eigenvalue weighted by Gasteiger charge is -2.25. The van der Waals surface area contributed by atoms with E-state index in [1.54, 1.807) is 12.3 Å². The van der Waals surface area contributed by atoms with E-state index in [-0.39, 0.29) is 22.8 Å². The molecule has 5 heteroatoms. The summed E-state index contributed by atoms with van der Waals surface area (Å²) in [7, 11) is 1.84. The standard InChI is InChI=1S/C21H20N2O3/c1-23-12-17(20(24)16-7-3-4-8-18(16)23)21(25)22-11-14-10-15-6-2-5-9-19(15)26-13-14/h2-9,12,14H,10-11,13H2,1H3,(H,22,25)/t14-/m0/s1. The Balaban J connectivity index is 1.50. The number of ether oxygens (including phenoxy) is 1. The molecule has 26 heavy (non-hydrogen) atoms. The van der Waals surface area contributed by atoms with Crippen molar-refractivity contribution < 1.29 is 9.53 Å². The van der Waals surface area contributed by atoms with Crippen molar-refractivity contribution in [2.75, 3.05) is 13.2 Å². The van der Waals surface area contributed by atoms with Gasteiger partial charge in [0.2, 0.25) is 5.43 Å².